The largest absolute Gasteiger partial charge is 0.300 e. The predicted octanol–water partition coefficient (Wildman–Crippen LogP) is 4.08. The average molecular weight is 211 g/mol. The van der Waals surface area contributed by atoms with Crippen molar-refractivity contribution in [3.63, 3.8) is 0 Å². The molecule has 1 heteroatoms. The maximum Gasteiger partial charge on any atom is 0.00930 e. The normalized spacial score (nSPS) is 27.4. The fourth-order valence-electron chi connectivity index (χ4n) is 2.58. The smallest absolute Gasteiger partial charge is 0.00930 e. The van der Waals surface area contributed by atoms with E-state index in [4.69, 9.17) is 0 Å². The van der Waals surface area contributed by atoms with Gasteiger partial charge in [-0.15, -0.1) is 0 Å². The zero-order chi connectivity index (χ0) is 11.1. The average Bonchev–Trinajstić information content (AvgIpc) is 2.54. The zero-order valence-electron chi connectivity index (χ0n) is 11.0. The van der Waals surface area contributed by atoms with Crippen LogP contribution in [0.5, 0.6) is 0 Å². The van der Waals surface area contributed by atoms with Crippen molar-refractivity contribution in [3.8, 4) is 0 Å². The molecule has 2 unspecified atom stereocenters. The molecule has 0 radical (unpaired) electrons. The van der Waals surface area contributed by atoms with Crippen molar-refractivity contribution in [2.75, 3.05) is 13.1 Å². The first-order valence-electron chi connectivity index (χ1n) is 6.99. The molecule has 0 saturated carbocycles. The van der Waals surface area contributed by atoms with Crippen LogP contribution in [0.15, 0.2) is 0 Å². The molecule has 0 aromatic heterocycles. The number of nitrogens with zero attached hydrogens (tertiary/aromatic N) is 1. The molecule has 0 aliphatic carbocycles. The van der Waals surface area contributed by atoms with Gasteiger partial charge in [-0.3, -0.25) is 0 Å². The standard InChI is InChI=1S/C14H29N/c1-4-5-6-7-8-9-11-15-12-10-13(2)14(15)3/h13-14H,4-12H2,1-3H3. The van der Waals surface area contributed by atoms with Crippen LogP contribution in [-0.4, -0.2) is 24.0 Å². The summed E-state index contributed by atoms with van der Waals surface area (Å²) in [6, 6.07) is 0.834. The Labute approximate surface area is 96.2 Å². The third kappa shape index (κ3) is 4.55. The number of unbranched alkanes of at least 4 members (excludes halogenated alkanes) is 5. The lowest BCUT2D eigenvalue weighted by molar-refractivity contribution is 0.242. The van der Waals surface area contributed by atoms with E-state index < -0.39 is 0 Å². The lowest BCUT2D eigenvalue weighted by atomic mass is 10.1. The minimum absolute atomic E-state index is 0.834. The van der Waals surface area contributed by atoms with Crippen LogP contribution in [0.3, 0.4) is 0 Å². The Morgan fingerprint density at radius 2 is 1.67 bits per heavy atom. The summed E-state index contributed by atoms with van der Waals surface area (Å²) in [4.78, 5) is 2.69. The summed E-state index contributed by atoms with van der Waals surface area (Å²) in [6.07, 6.45) is 9.96. The number of rotatable bonds is 7. The Bertz CT molecular complexity index is 155. The lowest BCUT2D eigenvalue weighted by Gasteiger charge is -2.22. The van der Waals surface area contributed by atoms with Gasteiger partial charge >= 0.3 is 0 Å². The van der Waals surface area contributed by atoms with Gasteiger partial charge in [-0.2, -0.15) is 0 Å². The Morgan fingerprint density at radius 3 is 2.27 bits per heavy atom. The highest BCUT2D eigenvalue weighted by Gasteiger charge is 2.26. The molecule has 1 aliphatic rings. The third-order valence-corrected chi connectivity index (χ3v) is 4.07. The summed E-state index contributed by atoms with van der Waals surface area (Å²) < 4.78 is 0. The lowest BCUT2D eigenvalue weighted by Crippen LogP contribution is -2.30. The maximum absolute atomic E-state index is 2.69. The highest BCUT2D eigenvalue weighted by Crippen LogP contribution is 2.23. The summed E-state index contributed by atoms with van der Waals surface area (Å²) in [5, 5.41) is 0. The van der Waals surface area contributed by atoms with Crippen LogP contribution < -0.4 is 0 Å². The van der Waals surface area contributed by atoms with E-state index in [0.717, 1.165) is 12.0 Å². The van der Waals surface area contributed by atoms with Crippen LogP contribution in [0, 0.1) is 5.92 Å². The van der Waals surface area contributed by atoms with Gasteiger partial charge in [-0.25, -0.2) is 0 Å². The van der Waals surface area contributed by atoms with Crippen LogP contribution in [0.25, 0.3) is 0 Å². The summed E-state index contributed by atoms with van der Waals surface area (Å²) in [6.45, 7) is 9.77. The first kappa shape index (κ1) is 13.0. The van der Waals surface area contributed by atoms with E-state index in [1.807, 2.05) is 0 Å². The Hall–Kier alpha value is -0.0400. The van der Waals surface area contributed by atoms with Gasteiger partial charge in [0.05, 0.1) is 0 Å². The minimum atomic E-state index is 0.834. The molecular weight excluding hydrogens is 182 g/mol. The monoisotopic (exact) mass is 211 g/mol. The second-order valence-electron chi connectivity index (χ2n) is 5.31. The first-order valence-corrected chi connectivity index (χ1v) is 6.99. The van der Waals surface area contributed by atoms with Gasteiger partial charge in [-0.05, 0) is 38.8 Å². The van der Waals surface area contributed by atoms with Gasteiger partial charge < -0.3 is 4.90 Å². The van der Waals surface area contributed by atoms with Crippen molar-refractivity contribution in [3.05, 3.63) is 0 Å². The molecule has 0 N–H and O–H groups in total. The SMILES string of the molecule is CCCCCCCCN1CCC(C)C1C. The summed E-state index contributed by atoms with van der Waals surface area (Å²) in [7, 11) is 0. The molecule has 0 spiro atoms. The first-order chi connectivity index (χ1) is 7.25. The van der Waals surface area contributed by atoms with E-state index in [1.165, 1.54) is 58.0 Å². The van der Waals surface area contributed by atoms with Crippen molar-refractivity contribution in [2.24, 2.45) is 5.92 Å². The van der Waals surface area contributed by atoms with Crippen molar-refractivity contribution in [1.82, 2.24) is 4.90 Å². The Balaban J connectivity index is 1.96. The van der Waals surface area contributed by atoms with Crippen LogP contribution in [0.2, 0.25) is 0 Å². The van der Waals surface area contributed by atoms with Gasteiger partial charge in [0.2, 0.25) is 0 Å². The van der Waals surface area contributed by atoms with Gasteiger partial charge in [0, 0.05) is 6.04 Å². The maximum atomic E-state index is 2.69. The van der Waals surface area contributed by atoms with Gasteiger partial charge in [-0.1, -0.05) is 46.0 Å². The van der Waals surface area contributed by atoms with Crippen molar-refractivity contribution < 1.29 is 0 Å². The fourth-order valence-corrected chi connectivity index (χ4v) is 2.58. The Morgan fingerprint density at radius 1 is 1.00 bits per heavy atom. The number of hydrogen-bond acceptors (Lipinski definition) is 1. The van der Waals surface area contributed by atoms with Crippen molar-refractivity contribution >= 4 is 0 Å². The van der Waals surface area contributed by atoms with Gasteiger partial charge in [0.1, 0.15) is 0 Å². The molecular formula is C14H29N. The predicted molar refractivity (Wildman–Crippen MR) is 68.2 cm³/mol. The minimum Gasteiger partial charge on any atom is -0.300 e. The molecule has 90 valence electrons. The van der Waals surface area contributed by atoms with Crippen molar-refractivity contribution in [1.29, 1.82) is 0 Å². The number of hydrogen-bond donors (Lipinski definition) is 0. The van der Waals surface area contributed by atoms with Gasteiger partial charge in [0.25, 0.3) is 0 Å². The van der Waals surface area contributed by atoms with E-state index in [9.17, 15) is 0 Å². The van der Waals surface area contributed by atoms with Crippen LogP contribution in [0.1, 0.15) is 65.7 Å². The molecule has 1 nitrogen and oxygen atoms in total. The van der Waals surface area contributed by atoms with E-state index in [1.54, 1.807) is 0 Å². The molecule has 1 rings (SSSR count). The molecule has 1 aliphatic heterocycles. The zero-order valence-corrected chi connectivity index (χ0v) is 11.0. The molecule has 15 heavy (non-hydrogen) atoms. The quantitative estimate of drug-likeness (QED) is 0.574. The molecule has 0 amide bonds. The van der Waals surface area contributed by atoms with Crippen molar-refractivity contribution in [2.45, 2.75) is 71.8 Å². The van der Waals surface area contributed by atoms with Crippen LogP contribution in [0.4, 0.5) is 0 Å². The highest BCUT2D eigenvalue weighted by molar-refractivity contribution is 4.80. The van der Waals surface area contributed by atoms with E-state index in [-0.39, 0.29) is 0 Å². The fraction of sp³-hybridized carbons (Fsp3) is 1.00. The molecule has 1 fully saturated rings. The van der Waals surface area contributed by atoms with E-state index >= 15 is 0 Å². The molecule has 1 saturated heterocycles. The molecule has 0 aromatic rings. The summed E-state index contributed by atoms with van der Waals surface area (Å²) in [5.41, 5.74) is 0. The third-order valence-electron chi connectivity index (χ3n) is 4.07. The summed E-state index contributed by atoms with van der Waals surface area (Å²) in [5.74, 6) is 0.921. The molecule has 1 heterocycles. The van der Waals surface area contributed by atoms with E-state index in [0.29, 0.717) is 0 Å². The Kier molecular flexibility index (Phi) is 6.31. The molecule has 2 atom stereocenters. The van der Waals surface area contributed by atoms with Gasteiger partial charge in [0.15, 0.2) is 0 Å². The van der Waals surface area contributed by atoms with E-state index in [2.05, 4.69) is 25.7 Å². The molecule has 0 bridgehead atoms. The second-order valence-corrected chi connectivity index (χ2v) is 5.31. The van der Waals surface area contributed by atoms with Crippen LogP contribution >= 0.6 is 0 Å². The number of likely N-dealkylation sites (tertiary alicyclic amines) is 1. The second kappa shape index (κ2) is 7.27. The van der Waals surface area contributed by atoms with Crippen LogP contribution in [-0.2, 0) is 0 Å². The summed E-state index contributed by atoms with van der Waals surface area (Å²) >= 11 is 0. The topological polar surface area (TPSA) is 3.24 Å². The highest BCUT2D eigenvalue weighted by atomic mass is 15.2. The molecule has 0 aromatic carbocycles.